The summed E-state index contributed by atoms with van der Waals surface area (Å²) in [6, 6.07) is 26.1. The van der Waals surface area contributed by atoms with E-state index in [1.165, 1.54) is 53.7 Å². The van der Waals surface area contributed by atoms with Crippen LogP contribution < -0.4 is 0 Å². The maximum atomic E-state index is 6.18. The first-order valence-corrected chi connectivity index (χ1v) is 16.4. The Morgan fingerprint density at radius 3 is 1.63 bits per heavy atom. The van der Waals surface area contributed by atoms with E-state index in [0.29, 0.717) is 0 Å². The van der Waals surface area contributed by atoms with Crippen LogP contribution in [-0.2, 0) is 0 Å². The minimum Gasteiger partial charge on any atom is -0.452 e. The third-order valence-corrected chi connectivity index (χ3v) is 9.64. The van der Waals surface area contributed by atoms with Gasteiger partial charge >= 0.3 is 0 Å². The van der Waals surface area contributed by atoms with E-state index in [0.717, 1.165) is 56.2 Å². The third kappa shape index (κ3) is 5.33. The van der Waals surface area contributed by atoms with Gasteiger partial charge in [0, 0.05) is 21.0 Å². The molecule has 0 atom stereocenters. The molecule has 4 heterocycles. The van der Waals surface area contributed by atoms with Gasteiger partial charge in [0.1, 0.15) is 22.7 Å². The molecule has 8 aromatic rings. The Morgan fingerprint density at radius 2 is 1.00 bits per heavy atom. The molecule has 4 aromatic carbocycles. The standard InChI is InChI=1S/C20H18N2O.C20H18N2S/c2*1-11-8-12(2)10-15(9-11)16-6-5-7-17-18-19(23-20(16)17)13(3)21-14(4)22-18/h2*5-10H,1-4H3. The van der Waals surface area contributed by atoms with Gasteiger partial charge in [0.25, 0.3) is 0 Å². The van der Waals surface area contributed by atoms with Crippen molar-refractivity contribution in [3.8, 4) is 22.3 Å². The Balaban J connectivity index is 0.000000147. The Hall–Kier alpha value is -4.94. The monoisotopic (exact) mass is 620 g/mol. The van der Waals surface area contributed by atoms with Crippen molar-refractivity contribution in [3.05, 3.63) is 118 Å². The van der Waals surface area contributed by atoms with Crippen molar-refractivity contribution in [3.63, 3.8) is 0 Å². The number of aromatic nitrogens is 4. The second-order valence-corrected chi connectivity index (χ2v) is 13.4. The number of hydrogen-bond acceptors (Lipinski definition) is 6. The van der Waals surface area contributed by atoms with Crippen molar-refractivity contribution in [2.75, 3.05) is 0 Å². The molecule has 0 aliphatic rings. The lowest BCUT2D eigenvalue weighted by Crippen LogP contribution is -1.90. The van der Waals surface area contributed by atoms with Gasteiger partial charge in [0.2, 0.25) is 0 Å². The normalized spacial score (nSPS) is 11.5. The fraction of sp³-hybridized carbons (Fsp3) is 0.200. The smallest absolute Gasteiger partial charge is 0.175 e. The van der Waals surface area contributed by atoms with Gasteiger partial charge in [-0.05, 0) is 78.1 Å². The highest BCUT2D eigenvalue weighted by Gasteiger charge is 2.17. The minimum atomic E-state index is 0.773. The summed E-state index contributed by atoms with van der Waals surface area (Å²) in [7, 11) is 0. The molecule has 46 heavy (non-hydrogen) atoms. The van der Waals surface area contributed by atoms with Gasteiger partial charge in [-0.25, -0.2) is 19.9 Å². The number of furan rings is 1. The van der Waals surface area contributed by atoms with Gasteiger partial charge in [-0.1, -0.05) is 89.0 Å². The summed E-state index contributed by atoms with van der Waals surface area (Å²) in [5, 5.41) is 2.28. The van der Waals surface area contributed by atoms with Gasteiger partial charge in [0.05, 0.1) is 21.6 Å². The number of para-hydroxylation sites is 1. The Bertz CT molecular complexity index is 2260. The summed E-state index contributed by atoms with van der Waals surface area (Å²) in [6.45, 7) is 16.5. The molecule has 228 valence electrons. The van der Waals surface area contributed by atoms with Crippen LogP contribution in [0.3, 0.4) is 0 Å². The van der Waals surface area contributed by atoms with E-state index < -0.39 is 0 Å². The quantitative estimate of drug-likeness (QED) is 0.192. The molecule has 0 bridgehead atoms. The number of aryl methyl sites for hydroxylation is 8. The van der Waals surface area contributed by atoms with Crippen molar-refractivity contribution in [2.24, 2.45) is 0 Å². The van der Waals surface area contributed by atoms with Crippen LogP contribution >= 0.6 is 11.3 Å². The largest absolute Gasteiger partial charge is 0.452 e. The zero-order chi connectivity index (χ0) is 32.3. The van der Waals surface area contributed by atoms with Crippen LogP contribution in [0.4, 0.5) is 0 Å². The van der Waals surface area contributed by atoms with Gasteiger partial charge in [0.15, 0.2) is 5.58 Å². The van der Waals surface area contributed by atoms with Crippen LogP contribution in [0, 0.1) is 55.4 Å². The van der Waals surface area contributed by atoms with Crippen molar-refractivity contribution < 1.29 is 4.42 Å². The number of benzene rings is 4. The van der Waals surface area contributed by atoms with Gasteiger partial charge in [-0.3, -0.25) is 0 Å². The second-order valence-electron chi connectivity index (χ2n) is 12.4. The van der Waals surface area contributed by atoms with Crippen LogP contribution in [0.1, 0.15) is 45.3 Å². The topological polar surface area (TPSA) is 64.7 Å². The van der Waals surface area contributed by atoms with Crippen molar-refractivity contribution in [1.82, 2.24) is 19.9 Å². The number of rotatable bonds is 2. The average Bonchev–Trinajstić information content (AvgIpc) is 3.56. The van der Waals surface area contributed by atoms with E-state index in [9.17, 15) is 0 Å². The summed E-state index contributed by atoms with van der Waals surface area (Å²) in [6.07, 6.45) is 0. The van der Waals surface area contributed by atoms with Crippen LogP contribution in [-0.4, -0.2) is 19.9 Å². The molecule has 0 fully saturated rings. The lowest BCUT2D eigenvalue weighted by molar-refractivity contribution is 0.661. The molecule has 0 amide bonds. The number of hydrogen-bond donors (Lipinski definition) is 0. The van der Waals surface area contributed by atoms with Crippen LogP contribution in [0.5, 0.6) is 0 Å². The third-order valence-electron chi connectivity index (χ3n) is 8.31. The first-order chi connectivity index (χ1) is 22.0. The number of thiophene rings is 1. The average molecular weight is 621 g/mol. The number of fused-ring (bicyclic) bond motifs is 6. The number of nitrogens with zero attached hydrogens (tertiary/aromatic N) is 4. The Kier molecular flexibility index (Phi) is 7.41. The zero-order valence-corrected chi connectivity index (χ0v) is 28.4. The maximum absolute atomic E-state index is 6.18. The zero-order valence-electron chi connectivity index (χ0n) is 27.5. The molecule has 0 N–H and O–H groups in total. The van der Waals surface area contributed by atoms with E-state index in [1.807, 2.05) is 20.8 Å². The summed E-state index contributed by atoms with van der Waals surface area (Å²) in [5.41, 5.74) is 15.5. The molecule has 8 rings (SSSR count). The molecule has 0 saturated carbocycles. The van der Waals surface area contributed by atoms with E-state index in [1.54, 1.807) is 11.3 Å². The van der Waals surface area contributed by atoms with Crippen molar-refractivity contribution in [1.29, 1.82) is 0 Å². The predicted octanol–water partition coefficient (Wildman–Crippen LogP) is 11.0. The summed E-state index contributed by atoms with van der Waals surface area (Å²) < 4.78 is 8.68. The maximum Gasteiger partial charge on any atom is 0.175 e. The molecule has 0 spiro atoms. The summed E-state index contributed by atoms with van der Waals surface area (Å²) in [4.78, 5) is 18.2. The fourth-order valence-electron chi connectivity index (χ4n) is 6.60. The highest BCUT2D eigenvalue weighted by atomic mass is 32.1. The van der Waals surface area contributed by atoms with E-state index in [-0.39, 0.29) is 0 Å². The van der Waals surface area contributed by atoms with Crippen LogP contribution in [0.2, 0.25) is 0 Å². The molecule has 0 aliphatic heterocycles. The van der Waals surface area contributed by atoms with E-state index >= 15 is 0 Å². The molecule has 6 heteroatoms. The molecule has 0 saturated heterocycles. The SMILES string of the molecule is Cc1cc(C)cc(-c2cccc3c2oc2c(C)nc(C)nc23)c1.Cc1cc(C)cc(-c2cccc3c2sc2c(C)nc(C)nc23)c1. The molecule has 0 aliphatic carbocycles. The first kappa shape index (κ1) is 29.8. The Labute approximate surface area is 273 Å². The lowest BCUT2D eigenvalue weighted by Gasteiger charge is -2.06. The molecular formula is C40H36N4OS. The molecule has 5 nitrogen and oxygen atoms in total. The van der Waals surface area contributed by atoms with Crippen molar-refractivity contribution in [2.45, 2.75) is 55.4 Å². The van der Waals surface area contributed by atoms with Crippen LogP contribution in [0.15, 0.2) is 77.2 Å². The van der Waals surface area contributed by atoms with Gasteiger partial charge in [-0.2, -0.15) is 0 Å². The van der Waals surface area contributed by atoms with Crippen LogP contribution in [0.25, 0.3) is 64.6 Å². The van der Waals surface area contributed by atoms with E-state index in [4.69, 9.17) is 9.40 Å². The minimum absolute atomic E-state index is 0.773. The summed E-state index contributed by atoms with van der Waals surface area (Å²) >= 11 is 1.81. The van der Waals surface area contributed by atoms with E-state index in [2.05, 4.69) is 122 Å². The van der Waals surface area contributed by atoms with Crippen molar-refractivity contribution >= 4 is 53.7 Å². The lowest BCUT2D eigenvalue weighted by atomic mass is 9.99. The fourth-order valence-corrected chi connectivity index (χ4v) is 7.82. The second kappa shape index (κ2) is 11.5. The molecule has 4 aromatic heterocycles. The first-order valence-electron chi connectivity index (χ1n) is 15.6. The molecule has 0 radical (unpaired) electrons. The van der Waals surface area contributed by atoms with Gasteiger partial charge < -0.3 is 4.42 Å². The molecular weight excluding hydrogens is 585 g/mol. The molecule has 0 unspecified atom stereocenters. The summed E-state index contributed by atoms with van der Waals surface area (Å²) in [5.74, 6) is 1.61. The van der Waals surface area contributed by atoms with Gasteiger partial charge in [-0.15, -0.1) is 11.3 Å². The predicted molar refractivity (Wildman–Crippen MR) is 193 cm³/mol. The highest BCUT2D eigenvalue weighted by molar-refractivity contribution is 7.26. The highest BCUT2D eigenvalue weighted by Crippen LogP contribution is 2.40. The Morgan fingerprint density at radius 1 is 0.478 bits per heavy atom.